The van der Waals surface area contributed by atoms with Crippen molar-refractivity contribution < 1.29 is 37.6 Å². The zero-order chi connectivity index (χ0) is 28.4. The molecule has 1 fully saturated rings. The molecule has 0 bridgehead atoms. The number of ether oxygens (including phenoxy) is 2. The Morgan fingerprint density at radius 1 is 1.29 bits per heavy atom. The number of imidazole rings is 1. The number of aliphatic hydroxyl groups excluding tert-OH is 1. The molecule has 0 spiro atoms. The van der Waals surface area contributed by atoms with Crippen LogP contribution in [-0.4, -0.2) is 80.2 Å². The molecule has 2 aromatic rings. The lowest BCUT2D eigenvalue weighted by molar-refractivity contribution is -0.149. The molecule has 212 valence electrons. The summed E-state index contributed by atoms with van der Waals surface area (Å²) in [6, 6.07) is -0.902. The highest BCUT2D eigenvalue weighted by molar-refractivity contribution is 7.36. The third-order valence-electron chi connectivity index (χ3n) is 5.81. The maximum atomic E-state index is 15.8. The van der Waals surface area contributed by atoms with Crippen LogP contribution in [0.2, 0.25) is 0 Å². The summed E-state index contributed by atoms with van der Waals surface area (Å²) in [6.07, 6.45) is -3.30. The summed E-state index contributed by atoms with van der Waals surface area (Å²) in [5.74, 6) is -0.966. The third kappa shape index (κ3) is 6.46. The van der Waals surface area contributed by atoms with Crippen molar-refractivity contribution in [2.75, 3.05) is 24.3 Å². The molecule has 4 N–H and O–H groups in total. The van der Waals surface area contributed by atoms with Crippen LogP contribution < -0.4 is 15.7 Å². The van der Waals surface area contributed by atoms with Crippen molar-refractivity contribution in [1.29, 1.82) is 0 Å². The Balaban J connectivity index is 1.78. The molecule has 2 unspecified atom stereocenters. The first-order valence-corrected chi connectivity index (χ1v) is 13.5. The number of hydrogen-bond acceptors (Lipinski definition) is 11. The highest BCUT2D eigenvalue weighted by Gasteiger charge is 2.55. The number of esters is 1. The second kappa shape index (κ2) is 12.0. The fourth-order valence-electron chi connectivity index (χ4n) is 3.69. The van der Waals surface area contributed by atoms with Crippen LogP contribution in [0.15, 0.2) is 6.33 Å². The normalized spacial score (nSPS) is 25.1. The molecule has 1 saturated heterocycles. The molecule has 14 nitrogen and oxygen atoms in total. The number of nitrogens with zero attached hydrogens (tertiary/aromatic N) is 4. The van der Waals surface area contributed by atoms with Gasteiger partial charge >= 0.3 is 5.97 Å². The van der Waals surface area contributed by atoms with E-state index in [1.165, 1.54) is 17.8 Å². The summed E-state index contributed by atoms with van der Waals surface area (Å²) in [5, 5.41) is 18.6. The molecule has 1 aliphatic rings. The number of amides is 1. The van der Waals surface area contributed by atoms with Gasteiger partial charge in [-0.1, -0.05) is 13.8 Å². The summed E-state index contributed by atoms with van der Waals surface area (Å²) < 4.78 is 45.5. The van der Waals surface area contributed by atoms with E-state index in [9.17, 15) is 19.3 Å². The molecule has 0 aliphatic carbocycles. The first-order chi connectivity index (χ1) is 17.8. The van der Waals surface area contributed by atoms with Crippen molar-refractivity contribution in [2.24, 2.45) is 5.92 Å². The number of halogens is 1. The van der Waals surface area contributed by atoms with Crippen LogP contribution in [0.4, 0.5) is 16.2 Å². The average Bonchev–Trinajstić information content (AvgIpc) is 3.34. The lowest BCUT2D eigenvalue weighted by atomic mass is 9.98. The van der Waals surface area contributed by atoms with E-state index >= 15 is 4.39 Å². The number of alkyl halides is 1. The predicted molar refractivity (Wildman–Crippen MR) is 137 cm³/mol. The highest BCUT2D eigenvalue weighted by atomic mass is 31.1. The molecule has 16 heteroatoms. The van der Waals surface area contributed by atoms with E-state index in [4.69, 9.17) is 14.0 Å². The first kappa shape index (κ1) is 29.8. The van der Waals surface area contributed by atoms with Gasteiger partial charge in [-0.15, -0.1) is 0 Å². The lowest BCUT2D eigenvalue weighted by Crippen LogP contribution is -2.40. The van der Waals surface area contributed by atoms with Gasteiger partial charge in [0.2, 0.25) is 11.9 Å². The second-order valence-corrected chi connectivity index (χ2v) is 10.8. The van der Waals surface area contributed by atoms with E-state index in [1.807, 2.05) is 0 Å². The van der Waals surface area contributed by atoms with Crippen molar-refractivity contribution in [3.8, 4) is 0 Å². The van der Waals surface area contributed by atoms with E-state index in [0.29, 0.717) is 11.3 Å². The smallest absolute Gasteiger partial charge is 0.323 e. The zero-order valence-corrected chi connectivity index (χ0v) is 23.3. The van der Waals surface area contributed by atoms with Gasteiger partial charge in [0.25, 0.3) is 8.18 Å². The molecule has 0 saturated carbocycles. The first-order valence-electron chi connectivity index (χ1n) is 12.2. The Hall–Kier alpha value is -2.71. The fourth-order valence-corrected chi connectivity index (χ4v) is 4.56. The van der Waals surface area contributed by atoms with Gasteiger partial charge in [0.05, 0.1) is 19.0 Å². The summed E-state index contributed by atoms with van der Waals surface area (Å²) >= 11 is 0. The Labute approximate surface area is 220 Å². The monoisotopic (exact) mass is 559 g/mol. The van der Waals surface area contributed by atoms with Gasteiger partial charge in [0, 0.05) is 13.0 Å². The topological polar surface area (TPSA) is 179 Å². The molecule has 3 rings (SSSR count). The quantitative estimate of drug-likeness (QED) is 0.232. The highest BCUT2D eigenvalue weighted by Crippen LogP contribution is 2.43. The third-order valence-corrected chi connectivity index (χ3v) is 6.90. The van der Waals surface area contributed by atoms with Crippen LogP contribution in [0.3, 0.4) is 0 Å². The van der Waals surface area contributed by atoms with Gasteiger partial charge < -0.3 is 24.4 Å². The Morgan fingerprint density at radius 2 is 1.97 bits per heavy atom. The summed E-state index contributed by atoms with van der Waals surface area (Å²) in [6.45, 7) is 8.99. The maximum Gasteiger partial charge on any atom is 0.323 e. The summed E-state index contributed by atoms with van der Waals surface area (Å²) in [4.78, 5) is 36.9. The van der Waals surface area contributed by atoms with E-state index in [-0.39, 0.29) is 29.5 Å². The van der Waals surface area contributed by atoms with Crippen LogP contribution in [0.1, 0.15) is 47.8 Å². The Bertz CT molecular complexity index is 1190. The number of nitrogens with one attached hydrogen (secondary N) is 3. The van der Waals surface area contributed by atoms with E-state index in [1.54, 1.807) is 34.7 Å². The molecule has 6 atom stereocenters. The van der Waals surface area contributed by atoms with Crippen LogP contribution in [0.5, 0.6) is 0 Å². The average molecular weight is 560 g/mol. The molecule has 2 aromatic heterocycles. The minimum absolute atomic E-state index is 0.0175. The molecule has 1 amide bonds. The number of fused-ring (bicyclic) bond motifs is 1. The van der Waals surface area contributed by atoms with E-state index < -0.39 is 50.9 Å². The minimum atomic E-state index is -2.96. The molecule has 3 heterocycles. The fraction of sp³-hybridized carbons (Fsp3) is 0.682. The molecular weight excluding hydrogens is 524 g/mol. The second-order valence-electron chi connectivity index (χ2n) is 9.69. The van der Waals surface area contributed by atoms with Crippen molar-refractivity contribution >= 4 is 43.0 Å². The standard InChI is InChI=1S/C22H35FN7O7P/c1-10(2)18(32)28-21-26-16(24-7)14-17(27-21)30(9-25-14)20-22(6,23)15(31)13(37-20)8-35-38(34)29-12(5)19(33)36-11(3)4/h9-13,15,20,31,38H,8H2,1-7H3,(H,29,34)(H2,24,26,27,28,32)/t12-,13?,15+,20+,22+/m0/s1. The molecule has 1 aliphatic heterocycles. The number of hydrogen-bond donors (Lipinski definition) is 4. The van der Waals surface area contributed by atoms with Crippen molar-refractivity contribution in [2.45, 2.75) is 77.8 Å². The molecular formula is C22H35FN7O7P. The number of carbonyl (C=O) groups excluding carboxylic acids is 2. The van der Waals surface area contributed by atoms with Gasteiger partial charge in [-0.2, -0.15) is 9.97 Å². The summed E-state index contributed by atoms with van der Waals surface area (Å²) in [5.41, 5.74) is -1.88. The largest absolute Gasteiger partial charge is 0.462 e. The lowest BCUT2D eigenvalue weighted by Gasteiger charge is -2.24. The molecule has 38 heavy (non-hydrogen) atoms. The van der Waals surface area contributed by atoms with Gasteiger partial charge in [0.15, 0.2) is 28.9 Å². The van der Waals surface area contributed by atoms with Gasteiger partial charge in [-0.05, 0) is 27.7 Å². The maximum absolute atomic E-state index is 15.8. The van der Waals surface area contributed by atoms with Crippen LogP contribution in [0, 0.1) is 5.92 Å². The Morgan fingerprint density at radius 3 is 2.58 bits per heavy atom. The zero-order valence-electron chi connectivity index (χ0n) is 22.3. The number of aliphatic hydroxyl groups is 1. The van der Waals surface area contributed by atoms with Gasteiger partial charge in [0.1, 0.15) is 18.2 Å². The van der Waals surface area contributed by atoms with E-state index in [2.05, 4.69) is 30.7 Å². The molecule has 0 aromatic carbocycles. The van der Waals surface area contributed by atoms with Crippen molar-refractivity contribution in [1.82, 2.24) is 24.6 Å². The number of anilines is 2. The Kier molecular flexibility index (Phi) is 9.42. The number of carbonyl (C=O) groups is 2. The molecule has 0 radical (unpaired) electrons. The number of aromatic nitrogens is 4. The predicted octanol–water partition coefficient (Wildman–Crippen LogP) is 1.78. The van der Waals surface area contributed by atoms with Crippen LogP contribution >= 0.6 is 8.18 Å². The SMILES string of the molecule is CNc1nc(NC(=O)C(C)C)nc2c1ncn2[C@@H]1OC(CO[PH](=O)N[C@@H](C)C(=O)OC(C)C)[C@@H](O)[C@@]1(C)F. The minimum Gasteiger partial charge on any atom is -0.462 e. The van der Waals surface area contributed by atoms with Crippen LogP contribution in [-0.2, 0) is 28.2 Å². The van der Waals surface area contributed by atoms with E-state index in [0.717, 1.165) is 6.92 Å². The van der Waals surface area contributed by atoms with Crippen LogP contribution in [0.25, 0.3) is 11.2 Å². The van der Waals surface area contributed by atoms with Gasteiger partial charge in [-0.3, -0.25) is 24.0 Å². The van der Waals surface area contributed by atoms with Gasteiger partial charge in [-0.25, -0.2) is 14.5 Å². The van der Waals surface area contributed by atoms with Crippen molar-refractivity contribution in [3.05, 3.63) is 6.33 Å². The summed E-state index contributed by atoms with van der Waals surface area (Å²) in [7, 11) is -1.35. The number of rotatable bonds is 11. The van der Waals surface area contributed by atoms with Crippen molar-refractivity contribution in [3.63, 3.8) is 0 Å².